The number of benzene rings is 5. The fourth-order valence-electron chi connectivity index (χ4n) is 6.57. The summed E-state index contributed by atoms with van der Waals surface area (Å²) >= 11 is 0. The van der Waals surface area contributed by atoms with Gasteiger partial charge in [-0.1, -0.05) is 103 Å². The molecule has 0 radical (unpaired) electrons. The molecule has 5 aromatic carbocycles. The van der Waals surface area contributed by atoms with E-state index in [1.807, 2.05) is 24.4 Å². The number of nitrogens with two attached hydrogens (primary N) is 1. The van der Waals surface area contributed by atoms with Gasteiger partial charge in [0.1, 0.15) is 0 Å². The standard InChI is InChI=1S/C45H34N4/c46-25-11-3-8-17-39-30-38(37-28-35(32-13-4-1-5-14-32)27-36(29-37)33-15-6-2-7-16-33)31-42(48-39)34-21-23-40(24-22-34)49-43-19-10-9-18-41(43)45-44(49)20-12-26-47-45/h1-16,18-31H,17,46H2/b8-3-,25-11-. The zero-order valence-corrected chi connectivity index (χ0v) is 26.9. The van der Waals surface area contributed by atoms with Crippen LogP contribution in [0.25, 0.3) is 72.3 Å². The average Bonchev–Trinajstić information content (AvgIpc) is 3.51. The molecule has 49 heavy (non-hydrogen) atoms. The zero-order chi connectivity index (χ0) is 33.0. The Morgan fingerprint density at radius 1 is 0.531 bits per heavy atom. The molecule has 4 heteroatoms. The van der Waals surface area contributed by atoms with Crippen molar-refractivity contribution < 1.29 is 0 Å². The Labute approximate surface area is 286 Å². The molecule has 0 fully saturated rings. The van der Waals surface area contributed by atoms with Crippen LogP contribution < -0.4 is 5.73 Å². The molecule has 8 aromatic rings. The highest BCUT2D eigenvalue weighted by molar-refractivity contribution is 6.06. The Kier molecular flexibility index (Phi) is 8.11. The summed E-state index contributed by atoms with van der Waals surface area (Å²) in [5, 5.41) is 1.14. The van der Waals surface area contributed by atoms with Gasteiger partial charge in [-0.3, -0.25) is 9.97 Å². The maximum absolute atomic E-state index is 5.59. The highest BCUT2D eigenvalue weighted by atomic mass is 15.0. The molecule has 234 valence electrons. The van der Waals surface area contributed by atoms with E-state index < -0.39 is 0 Å². The van der Waals surface area contributed by atoms with E-state index >= 15 is 0 Å². The van der Waals surface area contributed by atoms with Gasteiger partial charge in [-0.05, 0) is 106 Å². The van der Waals surface area contributed by atoms with E-state index in [0.717, 1.165) is 55.7 Å². The first-order valence-corrected chi connectivity index (χ1v) is 16.5. The van der Waals surface area contributed by atoms with Crippen molar-refractivity contribution >= 4 is 21.9 Å². The second-order valence-electron chi connectivity index (χ2n) is 12.1. The van der Waals surface area contributed by atoms with E-state index in [0.29, 0.717) is 6.42 Å². The zero-order valence-electron chi connectivity index (χ0n) is 26.9. The van der Waals surface area contributed by atoms with Gasteiger partial charge in [0.2, 0.25) is 0 Å². The summed E-state index contributed by atoms with van der Waals surface area (Å²) in [5.74, 6) is 0. The summed E-state index contributed by atoms with van der Waals surface area (Å²) in [4.78, 5) is 9.87. The van der Waals surface area contributed by atoms with Crippen LogP contribution in [-0.4, -0.2) is 14.5 Å². The van der Waals surface area contributed by atoms with Crippen molar-refractivity contribution in [3.05, 3.63) is 188 Å². The number of nitrogens with zero attached hydrogens (tertiary/aromatic N) is 3. The third-order valence-corrected chi connectivity index (χ3v) is 8.89. The molecule has 0 atom stereocenters. The Hall–Kier alpha value is -6.52. The second kappa shape index (κ2) is 13.3. The molecule has 0 bridgehead atoms. The van der Waals surface area contributed by atoms with E-state index in [-0.39, 0.29) is 0 Å². The van der Waals surface area contributed by atoms with E-state index in [1.54, 1.807) is 6.20 Å². The number of allylic oxidation sites excluding steroid dienone is 3. The lowest BCUT2D eigenvalue weighted by Gasteiger charge is -2.14. The summed E-state index contributed by atoms with van der Waals surface area (Å²) in [5.41, 5.74) is 19.9. The number of para-hydroxylation sites is 1. The second-order valence-corrected chi connectivity index (χ2v) is 12.1. The third-order valence-electron chi connectivity index (χ3n) is 8.89. The van der Waals surface area contributed by atoms with Crippen LogP contribution in [0.2, 0.25) is 0 Å². The first kappa shape index (κ1) is 29.9. The van der Waals surface area contributed by atoms with Crippen molar-refractivity contribution in [1.29, 1.82) is 0 Å². The van der Waals surface area contributed by atoms with Gasteiger partial charge in [0.25, 0.3) is 0 Å². The van der Waals surface area contributed by atoms with Crippen LogP contribution in [0.5, 0.6) is 0 Å². The Morgan fingerprint density at radius 3 is 1.84 bits per heavy atom. The van der Waals surface area contributed by atoms with Gasteiger partial charge in [0, 0.05) is 34.9 Å². The van der Waals surface area contributed by atoms with Crippen LogP contribution in [-0.2, 0) is 6.42 Å². The molecule has 3 heterocycles. The SMILES string of the molecule is N/C=C\C=C/Cc1cc(-c2cc(-c3ccccc3)cc(-c3ccccc3)c2)cc(-c2ccc(-n3c4ccccc4c4ncccc43)cc2)n1. The van der Waals surface area contributed by atoms with Crippen LogP contribution in [0.15, 0.2) is 182 Å². The summed E-state index contributed by atoms with van der Waals surface area (Å²) in [7, 11) is 0. The smallest absolute Gasteiger partial charge is 0.0963 e. The van der Waals surface area contributed by atoms with Crippen molar-refractivity contribution in [3.8, 4) is 50.3 Å². The summed E-state index contributed by atoms with van der Waals surface area (Å²) in [6.07, 6.45) is 9.98. The van der Waals surface area contributed by atoms with Gasteiger partial charge in [0.05, 0.1) is 22.2 Å². The number of hydrogen-bond donors (Lipinski definition) is 1. The van der Waals surface area contributed by atoms with E-state index in [1.165, 1.54) is 22.3 Å². The first-order valence-electron chi connectivity index (χ1n) is 16.5. The number of aromatic nitrogens is 3. The largest absolute Gasteiger partial charge is 0.405 e. The number of hydrogen-bond acceptors (Lipinski definition) is 3. The van der Waals surface area contributed by atoms with Gasteiger partial charge in [-0.15, -0.1) is 0 Å². The minimum absolute atomic E-state index is 0.682. The van der Waals surface area contributed by atoms with Crippen LogP contribution in [0.1, 0.15) is 5.69 Å². The van der Waals surface area contributed by atoms with E-state index in [9.17, 15) is 0 Å². The number of rotatable bonds is 8. The van der Waals surface area contributed by atoms with Gasteiger partial charge in [-0.2, -0.15) is 0 Å². The van der Waals surface area contributed by atoms with Crippen LogP contribution in [0.4, 0.5) is 0 Å². The van der Waals surface area contributed by atoms with Gasteiger partial charge < -0.3 is 10.3 Å². The molecule has 0 spiro atoms. The van der Waals surface area contributed by atoms with Crippen molar-refractivity contribution in [2.45, 2.75) is 6.42 Å². The van der Waals surface area contributed by atoms with E-state index in [2.05, 4.69) is 156 Å². The molecule has 0 aliphatic rings. The highest BCUT2D eigenvalue weighted by Gasteiger charge is 2.14. The van der Waals surface area contributed by atoms with Crippen LogP contribution in [0.3, 0.4) is 0 Å². The molecule has 8 rings (SSSR count). The molecule has 0 aliphatic carbocycles. The molecule has 3 aromatic heterocycles. The lowest BCUT2D eigenvalue weighted by molar-refractivity contribution is 1.11. The molecular formula is C45H34N4. The molecule has 0 saturated carbocycles. The summed E-state index contributed by atoms with van der Waals surface area (Å²) in [6, 6.07) is 53.7. The molecule has 0 amide bonds. The van der Waals surface area contributed by atoms with Crippen LogP contribution >= 0.6 is 0 Å². The Balaban J connectivity index is 1.25. The molecule has 4 nitrogen and oxygen atoms in total. The fourth-order valence-corrected chi connectivity index (χ4v) is 6.57. The summed E-state index contributed by atoms with van der Waals surface area (Å²) < 4.78 is 2.28. The molecule has 0 saturated heterocycles. The topological polar surface area (TPSA) is 56.7 Å². The fraction of sp³-hybridized carbons (Fsp3) is 0.0222. The van der Waals surface area contributed by atoms with Gasteiger partial charge in [0.15, 0.2) is 0 Å². The average molecular weight is 631 g/mol. The lowest BCUT2D eigenvalue weighted by atomic mass is 9.92. The maximum atomic E-state index is 5.59. The predicted octanol–water partition coefficient (Wildman–Crippen LogP) is 10.8. The molecule has 0 unspecified atom stereocenters. The lowest BCUT2D eigenvalue weighted by Crippen LogP contribution is -1.96. The van der Waals surface area contributed by atoms with Crippen molar-refractivity contribution in [1.82, 2.24) is 14.5 Å². The quantitative estimate of drug-likeness (QED) is 0.170. The normalized spacial score (nSPS) is 11.7. The van der Waals surface area contributed by atoms with Crippen molar-refractivity contribution in [2.24, 2.45) is 5.73 Å². The van der Waals surface area contributed by atoms with Crippen molar-refractivity contribution in [2.75, 3.05) is 0 Å². The predicted molar refractivity (Wildman–Crippen MR) is 204 cm³/mol. The molecular weight excluding hydrogens is 597 g/mol. The Morgan fingerprint density at radius 2 is 1.14 bits per heavy atom. The molecule has 0 aliphatic heterocycles. The van der Waals surface area contributed by atoms with Gasteiger partial charge >= 0.3 is 0 Å². The van der Waals surface area contributed by atoms with Crippen molar-refractivity contribution in [3.63, 3.8) is 0 Å². The minimum atomic E-state index is 0.682. The van der Waals surface area contributed by atoms with Crippen LogP contribution in [0, 0.1) is 0 Å². The summed E-state index contributed by atoms with van der Waals surface area (Å²) in [6.45, 7) is 0. The monoisotopic (exact) mass is 630 g/mol. The third kappa shape index (κ3) is 6.04. The molecule has 2 N–H and O–H groups in total. The highest BCUT2D eigenvalue weighted by Crippen LogP contribution is 2.36. The van der Waals surface area contributed by atoms with Gasteiger partial charge in [-0.25, -0.2) is 0 Å². The Bertz CT molecular complexity index is 2340. The maximum Gasteiger partial charge on any atom is 0.0963 e. The minimum Gasteiger partial charge on any atom is -0.405 e. The number of fused-ring (bicyclic) bond motifs is 3. The number of pyridine rings is 2. The first-order chi connectivity index (χ1) is 24.2. The van der Waals surface area contributed by atoms with E-state index in [4.69, 9.17) is 15.7 Å².